The molecule has 0 unspecified atom stereocenters. The minimum Gasteiger partial charge on any atom is -0.506 e. The smallest absolute Gasteiger partial charge is 0.143 e. The van der Waals surface area contributed by atoms with Crippen molar-refractivity contribution in [3.8, 4) is 28.3 Å². The molecule has 4 nitrogen and oxygen atoms in total. The van der Waals surface area contributed by atoms with Gasteiger partial charge in [0.1, 0.15) is 16.9 Å². The molecule has 9 aromatic rings. The van der Waals surface area contributed by atoms with Crippen molar-refractivity contribution in [2.24, 2.45) is 0 Å². The lowest BCUT2D eigenvalue weighted by Gasteiger charge is -2.28. The van der Waals surface area contributed by atoms with Crippen molar-refractivity contribution in [2.75, 3.05) is 0 Å². The Labute approximate surface area is 283 Å². The molecule has 0 atom stereocenters. The van der Waals surface area contributed by atoms with Gasteiger partial charge in [-0.25, -0.2) is 0 Å². The minimum atomic E-state index is -1.43. The van der Waals surface area contributed by atoms with Crippen molar-refractivity contribution < 1.29 is 9.52 Å². The van der Waals surface area contributed by atoms with Crippen molar-refractivity contribution >= 4 is 77.5 Å². The molecule has 0 aliphatic heterocycles. The van der Waals surface area contributed by atoms with Crippen LogP contribution in [-0.4, -0.2) is 23.1 Å². The Kier molecular flexibility index (Phi) is 6.21. The summed E-state index contributed by atoms with van der Waals surface area (Å²) in [6.45, 7) is 11.6. The number of nitrogens with zero attached hydrogens (tertiary/aromatic N) is 2. The van der Waals surface area contributed by atoms with Gasteiger partial charge in [-0.15, -0.1) is 11.3 Å². The van der Waals surface area contributed by atoms with Gasteiger partial charge in [0.25, 0.3) is 0 Å². The van der Waals surface area contributed by atoms with Crippen LogP contribution in [0.2, 0.25) is 19.6 Å². The number of benzene rings is 5. The fourth-order valence-electron chi connectivity index (χ4n) is 7.28. The molecule has 4 heterocycles. The average molecular weight is 659 g/mol. The molecule has 48 heavy (non-hydrogen) atoms. The second-order valence-electron chi connectivity index (χ2n) is 14.4. The number of hydrogen-bond acceptors (Lipinski definition) is 5. The Balaban J connectivity index is 1.27. The van der Waals surface area contributed by atoms with Gasteiger partial charge in [-0.05, 0) is 55.0 Å². The van der Waals surface area contributed by atoms with Gasteiger partial charge in [0.05, 0.1) is 46.4 Å². The molecule has 0 radical (unpaired) electrons. The fourth-order valence-corrected chi connectivity index (χ4v) is 9.63. The van der Waals surface area contributed by atoms with Crippen LogP contribution < -0.4 is 5.19 Å². The molecule has 4 aromatic heterocycles. The van der Waals surface area contributed by atoms with Crippen LogP contribution in [0.5, 0.6) is 5.75 Å². The first-order valence-corrected chi connectivity index (χ1v) is 20.7. The quantitative estimate of drug-likeness (QED) is 0.187. The number of phenolic OH excluding ortho intramolecular Hbond substituents is 1. The lowest BCUT2D eigenvalue weighted by Crippen LogP contribution is -2.37. The van der Waals surface area contributed by atoms with E-state index in [1.807, 2.05) is 18.2 Å². The van der Waals surface area contributed by atoms with E-state index in [0.29, 0.717) is 11.3 Å². The van der Waals surface area contributed by atoms with Gasteiger partial charge in [0.15, 0.2) is 0 Å². The normalized spacial score (nSPS) is 12.8. The van der Waals surface area contributed by atoms with Crippen LogP contribution >= 0.6 is 11.3 Å². The number of aromatic hydroxyl groups is 1. The van der Waals surface area contributed by atoms with Gasteiger partial charge in [-0.1, -0.05) is 104 Å². The number of pyridine rings is 2. The van der Waals surface area contributed by atoms with Crippen molar-refractivity contribution in [3.05, 3.63) is 121 Å². The SMILES string of the molecule is CC(C)(c1nc(-c2ccc([Si](C)(C)C)cc2)cc2ccccc12)c1nc(-c2cc3oc4cccc5sc(c2O)c3c45)cc2ccccc12. The third-order valence-corrected chi connectivity index (χ3v) is 13.1. The first-order chi connectivity index (χ1) is 23.1. The highest BCUT2D eigenvalue weighted by atomic mass is 32.1. The summed E-state index contributed by atoms with van der Waals surface area (Å²) < 4.78 is 8.25. The third kappa shape index (κ3) is 4.33. The summed E-state index contributed by atoms with van der Waals surface area (Å²) in [6.07, 6.45) is 0. The summed E-state index contributed by atoms with van der Waals surface area (Å²) in [5, 5.41) is 19.7. The van der Waals surface area contributed by atoms with Gasteiger partial charge >= 0.3 is 0 Å². The molecule has 0 bridgehead atoms. The molecule has 0 fully saturated rings. The number of rotatable bonds is 5. The van der Waals surface area contributed by atoms with E-state index in [2.05, 4.69) is 124 Å². The minimum absolute atomic E-state index is 0.241. The van der Waals surface area contributed by atoms with Gasteiger partial charge < -0.3 is 9.52 Å². The van der Waals surface area contributed by atoms with Crippen LogP contribution in [0.1, 0.15) is 25.2 Å². The number of furan rings is 1. The monoisotopic (exact) mass is 658 g/mol. The first kappa shape index (κ1) is 29.1. The summed E-state index contributed by atoms with van der Waals surface area (Å²) >= 11 is 1.60. The highest BCUT2D eigenvalue weighted by molar-refractivity contribution is 7.26. The fraction of sp³-hybridized carbons (Fsp3) is 0.143. The molecule has 0 saturated carbocycles. The number of aromatic nitrogens is 2. The number of phenols is 1. The maximum atomic E-state index is 11.8. The highest BCUT2D eigenvalue weighted by Crippen LogP contribution is 2.50. The summed E-state index contributed by atoms with van der Waals surface area (Å²) in [5.74, 6) is 0.241. The van der Waals surface area contributed by atoms with Crippen LogP contribution in [0.15, 0.2) is 114 Å². The van der Waals surface area contributed by atoms with Crippen LogP contribution in [0.25, 0.3) is 75.4 Å². The highest BCUT2D eigenvalue weighted by Gasteiger charge is 2.32. The molecule has 0 aliphatic carbocycles. The second kappa shape index (κ2) is 10.2. The van der Waals surface area contributed by atoms with Gasteiger partial charge in [0, 0.05) is 32.0 Å². The Morgan fingerprint density at radius 3 is 1.96 bits per heavy atom. The maximum Gasteiger partial charge on any atom is 0.143 e. The third-order valence-electron chi connectivity index (χ3n) is 9.88. The van der Waals surface area contributed by atoms with Crippen molar-refractivity contribution in [1.82, 2.24) is 9.97 Å². The zero-order valence-electron chi connectivity index (χ0n) is 27.6. The number of hydrogen-bond donors (Lipinski definition) is 1. The van der Waals surface area contributed by atoms with E-state index in [4.69, 9.17) is 14.4 Å². The van der Waals surface area contributed by atoms with Crippen LogP contribution in [-0.2, 0) is 5.41 Å². The van der Waals surface area contributed by atoms with Crippen LogP contribution in [0.3, 0.4) is 0 Å². The van der Waals surface area contributed by atoms with Crippen molar-refractivity contribution in [2.45, 2.75) is 38.9 Å². The number of fused-ring (bicyclic) bond motifs is 2. The molecule has 234 valence electrons. The Bertz CT molecular complexity index is 2700. The van der Waals surface area contributed by atoms with E-state index in [0.717, 1.165) is 75.5 Å². The van der Waals surface area contributed by atoms with Crippen LogP contribution in [0, 0.1) is 0 Å². The molecule has 9 rings (SSSR count). The molecular formula is C42H34N2O2SSi. The van der Waals surface area contributed by atoms with E-state index >= 15 is 0 Å². The van der Waals surface area contributed by atoms with Crippen molar-refractivity contribution in [3.63, 3.8) is 0 Å². The Hall–Kier alpha value is -5.04. The van der Waals surface area contributed by atoms with Crippen molar-refractivity contribution in [1.29, 1.82) is 0 Å². The lowest BCUT2D eigenvalue weighted by molar-refractivity contribution is 0.484. The Morgan fingerprint density at radius 1 is 0.667 bits per heavy atom. The zero-order chi connectivity index (χ0) is 32.9. The van der Waals surface area contributed by atoms with E-state index in [-0.39, 0.29) is 5.75 Å². The predicted octanol–water partition coefficient (Wildman–Crippen LogP) is 11.2. The zero-order valence-corrected chi connectivity index (χ0v) is 29.4. The molecular weight excluding hydrogens is 625 g/mol. The molecule has 6 heteroatoms. The van der Waals surface area contributed by atoms with Gasteiger partial charge in [-0.2, -0.15) is 0 Å². The largest absolute Gasteiger partial charge is 0.506 e. The van der Waals surface area contributed by atoms with Gasteiger partial charge in [-0.3, -0.25) is 9.97 Å². The van der Waals surface area contributed by atoms with Gasteiger partial charge in [0.2, 0.25) is 0 Å². The molecule has 0 saturated heterocycles. The lowest BCUT2D eigenvalue weighted by atomic mass is 9.80. The molecule has 0 spiro atoms. The molecule has 0 amide bonds. The van der Waals surface area contributed by atoms with E-state index in [1.165, 1.54) is 5.19 Å². The van der Waals surface area contributed by atoms with Crippen LogP contribution in [0.4, 0.5) is 0 Å². The molecule has 5 aromatic carbocycles. The predicted molar refractivity (Wildman–Crippen MR) is 205 cm³/mol. The van der Waals surface area contributed by atoms with E-state index in [1.54, 1.807) is 11.3 Å². The van der Waals surface area contributed by atoms with E-state index in [9.17, 15) is 5.11 Å². The van der Waals surface area contributed by atoms with E-state index < -0.39 is 13.5 Å². The standard InChI is InChI=1S/C42H34N2O2SSi/c1-42(2,40-28-13-8-6-11-25(28)21-31(43-40)24-17-19-27(20-18-24)48(3,4)5)41-29-14-9-7-12-26(29)22-32(44-41)30-23-34-37-36-33(46-34)15-10-16-35(36)47-39(37)38(30)45/h6-23,45H,1-5H3. The first-order valence-electron chi connectivity index (χ1n) is 16.4. The summed E-state index contributed by atoms with van der Waals surface area (Å²) in [5.41, 5.74) is 6.32. The summed E-state index contributed by atoms with van der Waals surface area (Å²) in [4.78, 5) is 10.8. The molecule has 0 aliphatic rings. The molecule has 1 N–H and O–H groups in total. The summed E-state index contributed by atoms with van der Waals surface area (Å²) in [7, 11) is -1.43. The topological polar surface area (TPSA) is 59.2 Å². The average Bonchev–Trinajstić information content (AvgIpc) is 3.68. The number of thiophene rings is 1. The Morgan fingerprint density at radius 2 is 1.29 bits per heavy atom. The second-order valence-corrected chi connectivity index (χ2v) is 20.5. The maximum absolute atomic E-state index is 11.8. The summed E-state index contributed by atoms with van der Waals surface area (Å²) in [6, 6.07) is 38.2.